The van der Waals surface area contributed by atoms with Crippen molar-refractivity contribution in [3.63, 3.8) is 0 Å². The number of hydrogen-bond acceptors (Lipinski definition) is 3. The average molecular weight is 358 g/mol. The first-order chi connectivity index (χ1) is 9.15. The molecule has 0 spiro atoms. The van der Waals surface area contributed by atoms with E-state index in [-0.39, 0.29) is 0 Å². The van der Waals surface area contributed by atoms with E-state index in [0.717, 1.165) is 19.4 Å². The Morgan fingerprint density at radius 1 is 1.26 bits per heavy atom. The SMILES string of the molecule is CCCNC(c1ccc(CC)s1)c1cc(Br)sc1C. The fraction of sp³-hybridized carbons (Fsp3) is 0.467. The van der Waals surface area contributed by atoms with Crippen molar-refractivity contribution in [2.24, 2.45) is 0 Å². The summed E-state index contributed by atoms with van der Waals surface area (Å²) in [7, 11) is 0. The fourth-order valence-corrected chi connectivity index (χ4v) is 4.93. The lowest BCUT2D eigenvalue weighted by Gasteiger charge is -2.17. The maximum Gasteiger partial charge on any atom is 0.0704 e. The second-order valence-electron chi connectivity index (χ2n) is 4.61. The van der Waals surface area contributed by atoms with Crippen LogP contribution in [0.15, 0.2) is 22.0 Å². The van der Waals surface area contributed by atoms with Crippen LogP contribution in [0.4, 0.5) is 0 Å². The Morgan fingerprint density at radius 2 is 2.05 bits per heavy atom. The molecular weight excluding hydrogens is 338 g/mol. The van der Waals surface area contributed by atoms with Crippen LogP contribution in [-0.4, -0.2) is 6.54 Å². The van der Waals surface area contributed by atoms with Crippen molar-refractivity contribution in [2.45, 2.75) is 39.7 Å². The third kappa shape index (κ3) is 3.69. The molecule has 2 aromatic rings. The van der Waals surface area contributed by atoms with E-state index in [1.165, 1.54) is 24.0 Å². The molecule has 2 heterocycles. The summed E-state index contributed by atoms with van der Waals surface area (Å²) in [6, 6.07) is 7.14. The van der Waals surface area contributed by atoms with Crippen molar-refractivity contribution in [2.75, 3.05) is 6.54 Å². The van der Waals surface area contributed by atoms with Crippen LogP contribution in [0.2, 0.25) is 0 Å². The van der Waals surface area contributed by atoms with E-state index in [2.05, 4.69) is 60.2 Å². The Morgan fingerprint density at radius 3 is 2.58 bits per heavy atom. The van der Waals surface area contributed by atoms with E-state index in [0.29, 0.717) is 6.04 Å². The first-order valence-corrected chi connectivity index (χ1v) is 9.16. The van der Waals surface area contributed by atoms with Crippen LogP contribution in [0.1, 0.15) is 46.5 Å². The molecule has 0 aliphatic carbocycles. The second kappa shape index (κ2) is 7.02. The average Bonchev–Trinajstić information content (AvgIpc) is 2.97. The highest BCUT2D eigenvalue weighted by Gasteiger charge is 2.19. The molecule has 0 bridgehead atoms. The van der Waals surface area contributed by atoms with Crippen LogP contribution in [0.3, 0.4) is 0 Å². The van der Waals surface area contributed by atoms with Crippen LogP contribution >= 0.6 is 38.6 Å². The van der Waals surface area contributed by atoms with Crippen LogP contribution in [-0.2, 0) is 6.42 Å². The molecule has 1 atom stereocenters. The molecule has 0 aliphatic heterocycles. The van der Waals surface area contributed by atoms with Gasteiger partial charge in [0.2, 0.25) is 0 Å². The summed E-state index contributed by atoms with van der Waals surface area (Å²) >= 11 is 7.36. The fourth-order valence-electron chi connectivity index (χ4n) is 2.14. The van der Waals surface area contributed by atoms with Gasteiger partial charge in [-0.05, 0) is 66.0 Å². The predicted molar refractivity (Wildman–Crippen MR) is 90.6 cm³/mol. The molecule has 2 rings (SSSR count). The number of aryl methyl sites for hydroxylation is 2. The van der Waals surface area contributed by atoms with Gasteiger partial charge in [-0.25, -0.2) is 0 Å². The monoisotopic (exact) mass is 357 g/mol. The minimum absolute atomic E-state index is 0.341. The van der Waals surface area contributed by atoms with Gasteiger partial charge in [-0.2, -0.15) is 0 Å². The van der Waals surface area contributed by atoms with Gasteiger partial charge in [0.05, 0.1) is 9.83 Å². The summed E-state index contributed by atoms with van der Waals surface area (Å²) < 4.78 is 1.22. The van der Waals surface area contributed by atoms with E-state index < -0.39 is 0 Å². The first kappa shape index (κ1) is 15.2. The van der Waals surface area contributed by atoms with E-state index in [4.69, 9.17) is 0 Å². The van der Waals surface area contributed by atoms with Gasteiger partial charge in [0, 0.05) is 14.6 Å². The molecule has 1 N–H and O–H groups in total. The van der Waals surface area contributed by atoms with Crippen molar-refractivity contribution in [1.82, 2.24) is 5.32 Å². The normalized spacial score (nSPS) is 12.8. The third-order valence-corrected chi connectivity index (χ3v) is 6.01. The molecule has 2 aromatic heterocycles. The Hall–Kier alpha value is -0.160. The van der Waals surface area contributed by atoms with Crippen LogP contribution in [0.5, 0.6) is 0 Å². The van der Waals surface area contributed by atoms with Crippen LogP contribution in [0, 0.1) is 6.92 Å². The van der Waals surface area contributed by atoms with Gasteiger partial charge < -0.3 is 5.32 Å². The zero-order valence-corrected chi connectivity index (χ0v) is 14.8. The van der Waals surface area contributed by atoms with Gasteiger partial charge in [0.25, 0.3) is 0 Å². The quantitative estimate of drug-likeness (QED) is 0.716. The van der Waals surface area contributed by atoms with Gasteiger partial charge in [0.1, 0.15) is 0 Å². The lowest BCUT2D eigenvalue weighted by atomic mass is 10.1. The molecule has 0 aliphatic rings. The van der Waals surface area contributed by atoms with Crippen molar-refractivity contribution in [3.05, 3.63) is 42.2 Å². The Bertz CT molecular complexity index is 530. The van der Waals surface area contributed by atoms with Crippen LogP contribution in [0.25, 0.3) is 0 Å². The molecule has 0 radical (unpaired) electrons. The molecule has 19 heavy (non-hydrogen) atoms. The van der Waals surface area contributed by atoms with Crippen molar-refractivity contribution in [1.29, 1.82) is 0 Å². The zero-order chi connectivity index (χ0) is 13.8. The highest BCUT2D eigenvalue weighted by molar-refractivity contribution is 9.11. The summed E-state index contributed by atoms with van der Waals surface area (Å²) in [4.78, 5) is 4.29. The summed E-state index contributed by atoms with van der Waals surface area (Å²) in [5.41, 5.74) is 1.41. The summed E-state index contributed by atoms with van der Waals surface area (Å²) in [6.45, 7) is 7.69. The second-order valence-corrected chi connectivity index (χ2v) is 8.44. The Labute approximate surface area is 132 Å². The number of hydrogen-bond donors (Lipinski definition) is 1. The van der Waals surface area contributed by atoms with Gasteiger partial charge in [-0.1, -0.05) is 13.8 Å². The smallest absolute Gasteiger partial charge is 0.0704 e. The molecule has 1 unspecified atom stereocenters. The number of halogens is 1. The van der Waals surface area contributed by atoms with Gasteiger partial charge in [0.15, 0.2) is 0 Å². The molecule has 4 heteroatoms. The molecule has 0 aromatic carbocycles. The van der Waals surface area contributed by atoms with Crippen molar-refractivity contribution < 1.29 is 0 Å². The van der Waals surface area contributed by atoms with E-state index in [1.807, 2.05) is 22.7 Å². The van der Waals surface area contributed by atoms with Crippen LogP contribution < -0.4 is 5.32 Å². The largest absolute Gasteiger partial charge is 0.306 e. The minimum atomic E-state index is 0.341. The summed E-state index contributed by atoms with van der Waals surface area (Å²) in [5, 5.41) is 3.69. The highest BCUT2D eigenvalue weighted by atomic mass is 79.9. The number of nitrogens with one attached hydrogen (secondary N) is 1. The molecule has 1 nitrogen and oxygen atoms in total. The van der Waals surface area contributed by atoms with Crippen molar-refractivity contribution in [3.8, 4) is 0 Å². The topological polar surface area (TPSA) is 12.0 Å². The lowest BCUT2D eigenvalue weighted by molar-refractivity contribution is 0.605. The van der Waals surface area contributed by atoms with Gasteiger partial charge in [-0.3, -0.25) is 0 Å². The first-order valence-electron chi connectivity index (χ1n) is 6.73. The van der Waals surface area contributed by atoms with E-state index in [9.17, 15) is 0 Å². The zero-order valence-electron chi connectivity index (χ0n) is 11.6. The standard InChI is InChI=1S/C15H20BrNS2/c1-4-8-17-15(12-9-14(16)18-10(12)3)13-7-6-11(5-2)19-13/h6-7,9,15,17H,4-5,8H2,1-3H3. The summed E-state index contributed by atoms with van der Waals surface area (Å²) in [6.07, 6.45) is 2.28. The summed E-state index contributed by atoms with van der Waals surface area (Å²) in [5.74, 6) is 0. The molecule has 0 amide bonds. The maximum atomic E-state index is 3.69. The molecule has 0 saturated heterocycles. The highest BCUT2D eigenvalue weighted by Crippen LogP contribution is 2.36. The van der Waals surface area contributed by atoms with Gasteiger partial charge >= 0.3 is 0 Å². The maximum absolute atomic E-state index is 3.69. The van der Waals surface area contributed by atoms with E-state index in [1.54, 1.807) is 0 Å². The van der Waals surface area contributed by atoms with Gasteiger partial charge in [-0.15, -0.1) is 22.7 Å². The number of rotatable bonds is 6. The van der Waals surface area contributed by atoms with E-state index >= 15 is 0 Å². The molecular formula is C15H20BrNS2. The predicted octanol–water partition coefficient (Wildman–Crippen LogP) is 5.53. The van der Waals surface area contributed by atoms with Crippen molar-refractivity contribution >= 4 is 38.6 Å². The molecule has 0 saturated carbocycles. The number of thiophene rings is 2. The molecule has 0 fully saturated rings. The third-order valence-electron chi connectivity index (χ3n) is 3.15. The Balaban J connectivity index is 2.32. The minimum Gasteiger partial charge on any atom is -0.306 e. The Kier molecular flexibility index (Phi) is 5.63. The lowest BCUT2D eigenvalue weighted by Crippen LogP contribution is -2.22. The molecule has 104 valence electrons.